The Bertz CT molecular complexity index is 536. The molecule has 0 aliphatic carbocycles. The maximum Gasteiger partial charge on any atom is 0.312 e. The summed E-state index contributed by atoms with van der Waals surface area (Å²) in [5, 5.41) is 3.27. The molecule has 0 amide bonds. The summed E-state index contributed by atoms with van der Waals surface area (Å²) in [6.07, 6.45) is 6.11. The molecule has 1 aliphatic rings. The zero-order valence-corrected chi connectivity index (χ0v) is 11.6. The van der Waals surface area contributed by atoms with Crippen LogP contribution in [0.25, 0.3) is 6.08 Å². The van der Waals surface area contributed by atoms with Gasteiger partial charge in [-0.2, -0.15) is 0 Å². The quantitative estimate of drug-likeness (QED) is 0.820. The number of fused-ring (bicyclic) bond motifs is 1. The van der Waals surface area contributed by atoms with E-state index in [1.54, 1.807) is 0 Å². The molecule has 0 saturated heterocycles. The number of anilines is 1. The van der Waals surface area contributed by atoms with Gasteiger partial charge in [0.1, 0.15) is 5.60 Å². The maximum atomic E-state index is 11.8. The van der Waals surface area contributed by atoms with Crippen LogP contribution in [0.3, 0.4) is 0 Å². The fraction of sp³-hybridized carbons (Fsp3) is 0.312. The van der Waals surface area contributed by atoms with Crippen molar-refractivity contribution in [2.24, 2.45) is 0 Å². The first kappa shape index (κ1) is 13.4. The van der Waals surface area contributed by atoms with Gasteiger partial charge in [-0.1, -0.05) is 30.4 Å². The first-order valence-corrected chi connectivity index (χ1v) is 6.39. The molecular weight excluding hydrogens is 238 g/mol. The molecule has 0 atom stereocenters. The third-order valence-electron chi connectivity index (χ3n) is 2.58. The second-order valence-corrected chi connectivity index (χ2v) is 5.53. The van der Waals surface area contributed by atoms with Crippen LogP contribution >= 0.6 is 0 Å². The van der Waals surface area contributed by atoms with E-state index in [-0.39, 0.29) is 12.4 Å². The lowest BCUT2D eigenvalue weighted by molar-refractivity contribution is -0.153. The average molecular weight is 257 g/mol. The molecule has 0 aromatic heterocycles. The number of ether oxygens (including phenoxy) is 1. The molecule has 1 N–H and O–H groups in total. The third kappa shape index (κ3) is 3.98. The Labute approximate surface area is 114 Å². The highest BCUT2D eigenvalue weighted by molar-refractivity contribution is 5.77. The summed E-state index contributed by atoms with van der Waals surface area (Å²) in [5.41, 5.74) is 2.51. The zero-order valence-electron chi connectivity index (χ0n) is 11.6. The number of esters is 1. The molecule has 2 rings (SSSR count). The van der Waals surface area contributed by atoms with Crippen molar-refractivity contribution < 1.29 is 9.53 Å². The Morgan fingerprint density at radius 2 is 2.00 bits per heavy atom. The molecule has 1 aliphatic heterocycles. The normalized spacial score (nSPS) is 13.9. The molecule has 1 heterocycles. The van der Waals surface area contributed by atoms with E-state index in [9.17, 15) is 4.79 Å². The predicted molar refractivity (Wildman–Crippen MR) is 77.6 cm³/mol. The van der Waals surface area contributed by atoms with E-state index in [4.69, 9.17) is 4.74 Å². The van der Waals surface area contributed by atoms with E-state index in [2.05, 4.69) is 5.32 Å². The number of rotatable bonds is 2. The predicted octanol–water partition coefficient (Wildman–Crippen LogP) is 3.74. The highest BCUT2D eigenvalue weighted by Crippen LogP contribution is 2.23. The van der Waals surface area contributed by atoms with E-state index in [1.807, 2.05) is 63.3 Å². The molecule has 0 bridgehead atoms. The van der Waals surface area contributed by atoms with Crippen LogP contribution in [0.1, 0.15) is 32.8 Å². The third-order valence-corrected chi connectivity index (χ3v) is 2.58. The van der Waals surface area contributed by atoms with Crippen molar-refractivity contribution in [3.05, 3.63) is 47.7 Å². The summed E-state index contributed by atoms with van der Waals surface area (Å²) in [6.45, 7) is 5.61. The van der Waals surface area contributed by atoms with Gasteiger partial charge in [-0.05, 0) is 38.5 Å². The Balaban J connectivity index is 2.06. The van der Waals surface area contributed by atoms with Gasteiger partial charge in [-0.3, -0.25) is 4.79 Å². The summed E-state index contributed by atoms with van der Waals surface area (Å²) >= 11 is 0. The van der Waals surface area contributed by atoms with Gasteiger partial charge in [0.05, 0.1) is 6.42 Å². The van der Waals surface area contributed by atoms with Gasteiger partial charge < -0.3 is 10.1 Å². The van der Waals surface area contributed by atoms with Crippen molar-refractivity contribution in [3.8, 4) is 0 Å². The lowest BCUT2D eigenvalue weighted by Gasteiger charge is -2.20. The van der Waals surface area contributed by atoms with Crippen molar-refractivity contribution in [2.45, 2.75) is 32.8 Å². The molecule has 0 saturated carbocycles. The van der Waals surface area contributed by atoms with Crippen LogP contribution in [-0.4, -0.2) is 11.6 Å². The molecule has 100 valence electrons. The standard InChI is InChI=1S/C16H19NO2/c1-16(2,3)19-15(18)11-13-9-6-8-12-7-4-5-10-14(12)17-13/h4-10,17H,11H2,1-3H3. The Morgan fingerprint density at radius 3 is 2.74 bits per heavy atom. The van der Waals surface area contributed by atoms with E-state index >= 15 is 0 Å². The van der Waals surface area contributed by atoms with Crippen molar-refractivity contribution in [1.29, 1.82) is 0 Å². The fourth-order valence-electron chi connectivity index (χ4n) is 1.87. The highest BCUT2D eigenvalue weighted by atomic mass is 16.6. The molecule has 3 heteroatoms. The number of hydrogen-bond donors (Lipinski definition) is 1. The molecule has 3 nitrogen and oxygen atoms in total. The van der Waals surface area contributed by atoms with Gasteiger partial charge in [-0.25, -0.2) is 0 Å². The minimum atomic E-state index is -0.448. The SMILES string of the molecule is CC(C)(C)OC(=O)CC1=CC=Cc2ccccc2N1. The summed E-state index contributed by atoms with van der Waals surface area (Å²) < 4.78 is 5.33. The monoisotopic (exact) mass is 257 g/mol. The lowest BCUT2D eigenvalue weighted by Crippen LogP contribution is -2.24. The second-order valence-electron chi connectivity index (χ2n) is 5.53. The van der Waals surface area contributed by atoms with Crippen LogP contribution in [0.4, 0.5) is 5.69 Å². The van der Waals surface area contributed by atoms with Crippen LogP contribution in [0.15, 0.2) is 42.1 Å². The number of carbonyl (C=O) groups is 1. The van der Waals surface area contributed by atoms with E-state index in [1.165, 1.54) is 0 Å². The minimum Gasteiger partial charge on any atom is -0.460 e. The number of hydrogen-bond acceptors (Lipinski definition) is 3. The number of nitrogens with one attached hydrogen (secondary N) is 1. The van der Waals surface area contributed by atoms with Crippen molar-refractivity contribution in [3.63, 3.8) is 0 Å². The van der Waals surface area contributed by atoms with Gasteiger partial charge in [0, 0.05) is 11.4 Å². The van der Waals surface area contributed by atoms with Crippen LogP contribution in [0.2, 0.25) is 0 Å². The van der Waals surface area contributed by atoms with Crippen LogP contribution in [-0.2, 0) is 9.53 Å². The first-order valence-electron chi connectivity index (χ1n) is 6.39. The van der Waals surface area contributed by atoms with Crippen molar-refractivity contribution in [1.82, 2.24) is 0 Å². The molecule has 0 fully saturated rings. The second kappa shape index (κ2) is 5.31. The Kier molecular flexibility index (Phi) is 3.74. The van der Waals surface area contributed by atoms with Gasteiger partial charge in [0.25, 0.3) is 0 Å². The molecule has 1 aromatic carbocycles. The lowest BCUT2D eigenvalue weighted by atomic mass is 10.1. The molecule has 0 spiro atoms. The van der Waals surface area contributed by atoms with Gasteiger partial charge in [0.15, 0.2) is 0 Å². The molecule has 0 radical (unpaired) electrons. The summed E-state index contributed by atoms with van der Waals surface area (Å²) in [6, 6.07) is 7.98. The Morgan fingerprint density at radius 1 is 1.26 bits per heavy atom. The summed E-state index contributed by atoms with van der Waals surface area (Å²) in [5.74, 6) is -0.223. The van der Waals surface area contributed by atoms with Crippen molar-refractivity contribution >= 4 is 17.7 Å². The first-order chi connectivity index (χ1) is 8.94. The summed E-state index contributed by atoms with van der Waals surface area (Å²) in [4.78, 5) is 11.8. The van der Waals surface area contributed by atoms with Crippen LogP contribution in [0, 0.1) is 0 Å². The van der Waals surface area contributed by atoms with Crippen LogP contribution in [0.5, 0.6) is 0 Å². The summed E-state index contributed by atoms with van der Waals surface area (Å²) in [7, 11) is 0. The van der Waals surface area contributed by atoms with Gasteiger partial charge >= 0.3 is 5.97 Å². The maximum absolute atomic E-state index is 11.8. The molecule has 1 aromatic rings. The van der Waals surface area contributed by atoms with Gasteiger partial charge in [0.2, 0.25) is 0 Å². The smallest absolute Gasteiger partial charge is 0.312 e. The topological polar surface area (TPSA) is 38.3 Å². The number of benzene rings is 1. The molecular formula is C16H19NO2. The highest BCUT2D eigenvalue weighted by Gasteiger charge is 2.17. The number of para-hydroxylation sites is 1. The number of carbonyl (C=O) groups excluding carboxylic acids is 1. The Hall–Kier alpha value is -2.03. The van der Waals surface area contributed by atoms with E-state index in [0.29, 0.717) is 0 Å². The largest absolute Gasteiger partial charge is 0.460 e. The zero-order chi connectivity index (χ0) is 13.9. The van der Waals surface area contributed by atoms with Gasteiger partial charge in [-0.15, -0.1) is 0 Å². The molecule has 0 unspecified atom stereocenters. The van der Waals surface area contributed by atoms with Crippen molar-refractivity contribution in [2.75, 3.05) is 5.32 Å². The fourth-order valence-corrected chi connectivity index (χ4v) is 1.87. The van der Waals surface area contributed by atoms with Crippen LogP contribution < -0.4 is 5.32 Å². The van der Waals surface area contributed by atoms with E-state index in [0.717, 1.165) is 16.9 Å². The average Bonchev–Trinajstić information content (AvgIpc) is 2.47. The molecule has 19 heavy (non-hydrogen) atoms. The number of allylic oxidation sites excluding steroid dienone is 2. The minimum absolute atomic E-state index is 0.223. The van der Waals surface area contributed by atoms with E-state index < -0.39 is 5.60 Å².